The first-order valence-electron chi connectivity index (χ1n) is 7.34. The minimum Gasteiger partial charge on any atom is -0.372 e. The third-order valence-electron chi connectivity index (χ3n) is 3.93. The van der Waals surface area contributed by atoms with Crippen LogP contribution in [0.4, 0.5) is 5.82 Å². The molecule has 22 heavy (non-hydrogen) atoms. The van der Waals surface area contributed by atoms with Crippen LogP contribution in [0.5, 0.6) is 0 Å². The van der Waals surface area contributed by atoms with E-state index in [0.29, 0.717) is 24.0 Å². The van der Waals surface area contributed by atoms with Gasteiger partial charge in [0.1, 0.15) is 12.2 Å². The third-order valence-corrected chi connectivity index (χ3v) is 3.93. The molecule has 0 spiro atoms. The van der Waals surface area contributed by atoms with Crippen molar-refractivity contribution in [1.82, 2.24) is 19.7 Å². The zero-order valence-electron chi connectivity index (χ0n) is 12.4. The van der Waals surface area contributed by atoms with Gasteiger partial charge in [-0.2, -0.15) is 10.4 Å². The van der Waals surface area contributed by atoms with E-state index < -0.39 is 0 Å². The number of hydrogen-bond donors (Lipinski definition) is 1. The lowest BCUT2D eigenvalue weighted by atomic mass is 9.92. The number of nitrogens with zero attached hydrogens (tertiary/aromatic N) is 5. The highest BCUT2D eigenvalue weighted by molar-refractivity contribution is 5.46. The predicted molar refractivity (Wildman–Crippen MR) is 79.9 cm³/mol. The molecule has 1 N–H and O–H groups in total. The van der Waals surface area contributed by atoms with Crippen LogP contribution in [-0.4, -0.2) is 32.9 Å². The molecule has 0 amide bonds. The van der Waals surface area contributed by atoms with Crippen LogP contribution in [0, 0.1) is 17.2 Å². The van der Waals surface area contributed by atoms with Crippen molar-refractivity contribution in [3.8, 4) is 6.07 Å². The van der Waals surface area contributed by atoms with Crippen LogP contribution in [0.1, 0.15) is 30.3 Å². The zero-order chi connectivity index (χ0) is 15.4. The Labute approximate surface area is 129 Å². The topological polar surface area (TPSA) is 88.7 Å². The Bertz CT molecular complexity index is 677. The third kappa shape index (κ3) is 2.92. The van der Waals surface area contributed by atoms with E-state index in [2.05, 4.69) is 20.4 Å². The predicted octanol–water partition coefficient (Wildman–Crippen LogP) is 1.66. The first-order chi connectivity index (χ1) is 10.8. The van der Waals surface area contributed by atoms with Crippen LogP contribution in [0.3, 0.4) is 0 Å². The fourth-order valence-corrected chi connectivity index (χ4v) is 2.82. The van der Waals surface area contributed by atoms with Gasteiger partial charge in [0.2, 0.25) is 0 Å². The molecule has 2 aromatic heterocycles. The Hall–Kier alpha value is -2.46. The van der Waals surface area contributed by atoms with Gasteiger partial charge in [-0.3, -0.25) is 4.68 Å². The highest BCUT2D eigenvalue weighted by Crippen LogP contribution is 2.33. The quantitative estimate of drug-likeness (QED) is 0.923. The fourth-order valence-electron chi connectivity index (χ4n) is 2.82. The Morgan fingerprint density at radius 2 is 2.27 bits per heavy atom. The van der Waals surface area contributed by atoms with Gasteiger partial charge in [-0.25, -0.2) is 9.97 Å². The highest BCUT2D eigenvalue weighted by atomic mass is 16.5. The molecule has 7 heteroatoms. The Kier molecular flexibility index (Phi) is 4.30. The molecule has 114 valence electrons. The van der Waals surface area contributed by atoms with E-state index in [1.165, 1.54) is 6.20 Å². The molecule has 0 radical (unpaired) electrons. The summed E-state index contributed by atoms with van der Waals surface area (Å²) in [6, 6.07) is 4.04. The van der Waals surface area contributed by atoms with Gasteiger partial charge < -0.3 is 10.1 Å². The second-order valence-corrected chi connectivity index (χ2v) is 5.32. The van der Waals surface area contributed by atoms with Crippen LogP contribution in [-0.2, 0) is 11.8 Å². The Balaban J connectivity index is 1.73. The van der Waals surface area contributed by atoms with Crippen molar-refractivity contribution in [2.45, 2.75) is 18.9 Å². The van der Waals surface area contributed by atoms with Gasteiger partial charge in [-0.1, -0.05) is 0 Å². The number of anilines is 1. The molecule has 0 aromatic carbocycles. The summed E-state index contributed by atoms with van der Waals surface area (Å²) < 4.78 is 7.81. The summed E-state index contributed by atoms with van der Waals surface area (Å²) in [6.07, 6.45) is 6.99. The first kappa shape index (κ1) is 14.5. The Morgan fingerprint density at radius 3 is 3.05 bits per heavy atom. The molecule has 0 unspecified atom stereocenters. The van der Waals surface area contributed by atoms with Crippen LogP contribution < -0.4 is 5.32 Å². The maximum absolute atomic E-state index is 9.07. The average molecular weight is 298 g/mol. The summed E-state index contributed by atoms with van der Waals surface area (Å²) >= 11 is 0. The lowest BCUT2D eigenvalue weighted by Gasteiger charge is -2.32. The minimum atomic E-state index is 0.0101. The lowest BCUT2D eigenvalue weighted by Crippen LogP contribution is -2.30. The molecular formula is C15H18N6O. The molecular weight excluding hydrogens is 280 g/mol. The van der Waals surface area contributed by atoms with Gasteiger partial charge in [-0.15, -0.1) is 0 Å². The average Bonchev–Trinajstić information content (AvgIpc) is 2.99. The van der Waals surface area contributed by atoms with Gasteiger partial charge in [0, 0.05) is 44.7 Å². The van der Waals surface area contributed by atoms with Crippen LogP contribution in [0.2, 0.25) is 0 Å². The summed E-state index contributed by atoms with van der Waals surface area (Å²) in [5.74, 6) is 0.831. The molecule has 0 aliphatic carbocycles. The maximum Gasteiger partial charge on any atom is 0.182 e. The van der Waals surface area contributed by atoms with Crippen LogP contribution in [0.15, 0.2) is 24.7 Å². The molecule has 1 aliphatic heterocycles. The molecule has 3 rings (SSSR count). The summed E-state index contributed by atoms with van der Waals surface area (Å²) in [6.45, 7) is 1.45. The molecule has 0 saturated carbocycles. The monoisotopic (exact) mass is 298 g/mol. The second kappa shape index (κ2) is 6.54. The second-order valence-electron chi connectivity index (χ2n) is 5.32. The van der Waals surface area contributed by atoms with Crippen LogP contribution in [0.25, 0.3) is 0 Å². The molecule has 7 nitrogen and oxygen atoms in total. The number of nitrogens with one attached hydrogen (secondary N) is 1. The highest BCUT2D eigenvalue weighted by Gasteiger charge is 2.29. The van der Waals surface area contributed by atoms with Crippen molar-refractivity contribution in [2.24, 2.45) is 13.0 Å². The summed E-state index contributed by atoms with van der Waals surface area (Å²) in [5, 5.41) is 16.5. The molecule has 2 aromatic rings. The van der Waals surface area contributed by atoms with Crippen molar-refractivity contribution in [2.75, 3.05) is 18.5 Å². The summed E-state index contributed by atoms with van der Waals surface area (Å²) in [5.41, 5.74) is 1.39. The van der Waals surface area contributed by atoms with E-state index in [-0.39, 0.29) is 6.10 Å². The zero-order valence-corrected chi connectivity index (χ0v) is 12.4. The molecule has 1 saturated heterocycles. The van der Waals surface area contributed by atoms with E-state index >= 15 is 0 Å². The minimum absolute atomic E-state index is 0.0101. The molecule has 3 heterocycles. The largest absolute Gasteiger partial charge is 0.372 e. The number of hydrogen-bond acceptors (Lipinski definition) is 6. The van der Waals surface area contributed by atoms with Crippen LogP contribution >= 0.6 is 0 Å². The molecule has 1 fully saturated rings. The number of ether oxygens (including phenoxy) is 1. The number of nitriles is 1. The van der Waals surface area contributed by atoms with E-state index in [0.717, 1.165) is 25.1 Å². The van der Waals surface area contributed by atoms with Crippen molar-refractivity contribution in [3.05, 3.63) is 36.0 Å². The van der Waals surface area contributed by atoms with Gasteiger partial charge in [0.05, 0.1) is 5.69 Å². The van der Waals surface area contributed by atoms with E-state index in [1.54, 1.807) is 12.4 Å². The standard InChI is InChI=1S/C15H18N6O/c1-21-13(4-5-20-21)14-11(3-2-8-22-14)10-19-15-12(9-16)17-6-7-18-15/h4-7,11,14H,2-3,8,10H2,1H3,(H,18,19)/t11-,14+/m0/s1. The van der Waals surface area contributed by atoms with Crippen molar-refractivity contribution >= 4 is 5.82 Å². The lowest BCUT2D eigenvalue weighted by molar-refractivity contribution is -0.0284. The SMILES string of the molecule is Cn1nccc1[C@@H]1OCCC[C@H]1CNc1nccnc1C#N. The van der Waals surface area contributed by atoms with Crippen molar-refractivity contribution < 1.29 is 4.74 Å². The van der Waals surface area contributed by atoms with E-state index in [1.807, 2.05) is 23.9 Å². The molecule has 2 atom stereocenters. The normalized spacial score (nSPS) is 21.3. The maximum atomic E-state index is 9.07. The van der Waals surface area contributed by atoms with Crippen molar-refractivity contribution in [1.29, 1.82) is 5.26 Å². The summed E-state index contributed by atoms with van der Waals surface area (Å²) in [4.78, 5) is 8.20. The molecule has 0 bridgehead atoms. The Morgan fingerprint density at radius 1 is 1.41 bits per heavy atom. The van der Waals surface area contributed by atoms with Gasteiger partial charge in [-0.05, 0) is 18.9 Å². The van der Waals surface area contributed by atoms with E-state index in [9.17, 15) is 0 Å². The fraction of sp³-hybridized carbons (Fsp3) is 0.467. The van der Waals surface area contributed by atoms with Gasteiger partial charge in [0.25, 0.3) is 0 Å². The van der Waals surface area contributed by atoms with Gasteiger partial charge >= 0.3 is 0 Å². The van der Waals surface area contributed by atoms with Crippen molar-refractivity contribution in [3.63, 3.8) is 0 Å². The number of rotatable bonds is 4. The van der Waals surface area contributed by atoms with Gasteiger partial charge in [0.15, 0.2) is 11.5 Å². The number of aromatic nitrogens is 4. The summed E-state index contributed by atoms with van der Waals surface area (Å²) in [7, 11) is 1.92. The number of aryl methyl sites for hydroxylation is 1. The first-order valence-corrected chi connectivity index (χ1v) is 7.34. The molecule has 1 aliphatic rings. The smallest absolute Gasteiger partial charge is 0.182 e. The van der Waals surface area contributed by atoms with E-state index in [4.69, 9.17) is 10.00 Å².